The van der Waals surface area contributed by atoms with E-state index < -0.39 is 25.3 Å². The summed E-state index contributed by atoms with van der Waals surface area (Å²) in [5, 5.41) is 0. The first-order valence-corrected chi connectivity index (χ1v) is 2.51. The second kappa shape index (κ2) is 1.81. The predicted octanol–water partition coefficient (Wildman–Crippen LogP) is 1.46. The molecule has 0 amide bonds. The van der Waals surface area contributed by atoms with E-state index in [-0.39, 0.29) is 4.90 Å². The monoisotopic (exact) mass is 161 g/mol. The molecule has 0 unspecified atom stereocenters. The molecule has 0 aliphatic carbocycles. The van der Waals surface area contributed by atoms with Crippen molar-refractivity contribution < 1.29 is 22.0 Å². The van der Waals surface area contributed by atoms with Crippen molar-refractivity contribution in [2.45, 2.75) is 12.2 Å². The lowest BCUT2D eigenvalue weighted by Gasteiger charge is -2.39. The van der Waals surface area contributed by atoms with Gasteiger partial charge in [0.15, 0.2) is 0 Å². The van der Waals surface area contributed by atoms with Gasteiger partial charge >= 0.3 is 6.30 Å². The molecular weight excluding hydrogens is 157 g/mol. The summed E-state index contributed by atoms with van der Waals surface area (Å²) in [6.45, 7) is -2.40. The highest BCUT2D eigenvalue weighted by atomic mass is 19.4. The molecule has 1 fully saturated rings. The fourth-order valence-electron chi connectivity index (χ4n) is 0.691. The van der Waals surface area contributed by atoms with E-state index in [1.807, 2.05) is 0 Å². The molecule has 0 N–H and O–H groups in total. The first-order valence-electron chi connectivity index (χ1n) is 2.51. The molecule has 1 aliphatic rings. The number of likely N-dealkylation sites (tertiary alicyclic amines) is 1. The van der Waals surface area contributed by atoms with E-state index in [4.69, 9.17) is 0 Å². The summed E-state index contributed by atoms with van der Waals surface area (Å²) in [7, 11) is 0. The zero-order valence-corrected chi connectivity index (χ0v) is 4.75. The maximum Gasteiger partial charge on any atom is 0.460 e. The van der Waals surface area contributed by atoms with Gasteiger partial charge in [-0.3, -0.25) is 0 Å². The summed E-state index contributed by atoms with van der Waals surface area (Å²) in [6.07, 6.45) is -4.60. The van der Waals surface area contributed by atoms with Crippen LogP contribution in [0.4, 0.5) is 22.0 Å². The van der Waals surface area contributed by atoms with Gasteiger partial charge < -0.3 is 0 Å². The Morgan fingerprint density at radius 1 is 1.10 bits per heavy atom. The van der Waals surface area contributed by atoms with Crippen LogP contribution >= 0.6 is 0 Å². The van der Waals surface area contributed by atoms with Crippen molar-refractivity contribution in [3.8, 4) is 0 Å². The maximum absolute atomic E-state index is 11.8. The van der Waals surface area contributed by atoms with Gasteiger partial charge in [-0.15, -0.1) is 0 Å². The van der Waals surface area contributed by atoms with Crippen molar-refractivity contribution in [1.29, 1.82) is 0 Å². The van der Waals surface area contributed by atoms with Crippen LogP contribution in [-0.4, -0.2) is 30.2 Å². The van der Waals surface area contributed by atoms with E-state index in [9.17, 15) is 22.0 Å². The van der Waals surface area contributed by atoms with Crippen LogP contribution < -0.4 is 0 Å². The summed E-state index contributed by atoms with van der Waals surface area (Å²) < 4.78 is 57.9. The highest BCUT2D eigenvalue weighted by molar-refractivity contribution is 4.87. The summed E-state index contributed by atoms with van der Waals surface area (Å²) >= 11 is 0. The lowest BCUT2D eigenvalue weighted by Crippen LogP contribution is -2.61. The summed E-state index contributed by atoms with van der Waals surface area (Å²) in [4.78, 5) is -0.229. The van der Waals surface area contributed by atoms with Gasteiger partial charge in [0.05, 0.1) is 13.1 Å². The lowest BCUT2D eigenvalue weighted by atomic mass is 10.2. The Bertz CT molecular complexity index is 131. The highest BCUT2D eigenvalue weighted by Gasteiger charge is 2.55. The summed E-state index contributed by atoms with van der Waals surface area (Å²) in [5.74, 6) is -3.14. The average Bonchev–Trinajstić information content (AvgIpc) is 1.56. The van der Waals surface area contributed by atoms with Gasteiger partial charge in [-0.25, -0.2) is 13.7 Å². The number of halogens is 5. The number of rotatable bonds is 0. The molecule has 1 rings (SSSR count). The fraction of sp³-hybridized carbons (Fsp3) is 1.00. The first-order chi connectivity index (χ1) is 4.31. The summed E-state index contributed by atoms with van der Waals surface area (Å²) in [6, 6.07) is 0. The van der Waals surface area contributed by atoms with Crippen molar-refractivity contribution in [3.63, 3.8) is 0 Å². The van der Waals surface area contributed by atoms with Crippen molar-refractivity contribution >= 4 is 0 Å². The minimum Gasteiger partial charge on any atom is -0.204 e. The maximum atomic E-state index is 11.8. The van der Waals surface area contributed by atoms with Crippen molar-refractivity contribution in [1.82, 2.24) is 4.90 Å². The van der Waals surface area contributed by atoms with Crippen molar-refractivity contribution in [2.75, 3.05) is 13.1 Å². The van der Waals surface area contributed by atoms with Gasteiger partial charge in [0.2, 0.25) is 0 Å². The second-order valence-electron chi connectivity index (χ2n) is 2.18. The standard InChI is InChI=1S/C4H4F5N/c5-3(6)1-10(2-3)4(7,8)9/h1-2H2. The first kappa shape index (κ1) is 7.71. The molecule has 0 aromatic carbocycles. The Hall–Kier alpha value is -0.390. The quantitative estimate of drug-likeness (QED) is 0.384. The molecule has 0 spiro atoms. The van der Waals surface area contributed by atoms with E-state index in [0.717, 1.165) is 0 Å². The number of nitrogens with zero attached hydrogens (tertiary/aromatic N) is 1. The average molecular weight is 161 g/mol. The van der Waals surface area contributed by atoms with E-state index >= 15 is 0 Å². The van der Waals surface area contributed by atoms with Gasteiger partial charge in [0.25, 0.3) is 5.92 Å². The molecule has 0 atom stereocenters. The van der Waals surface area contributed by atoms with E-state index in [2.05, 4.69) is 0 Å². The largest absolute Gasteiger partial charge is 0.460 e. The van der Waals surface area contributed by atoms with E-state index in [0.29, 0.717) is 0 Å². The molecule has 0 bridgehead atoms. The number of hydrogen-bond acceptors (Lipinski definition) is 1. The Balaban J connectivity index is 2.40. The minimum absolute atomic E-state index is 0.229. The molecule has 1 nitrogen and oxygen atoms in total. The molecule has 60 valence electrons. The van der Waals surface area contributed by atoms with Crippen LogP contribution in [0.3, 0.4) is 0 Å². The molecule has 1 saturated heterocycles. The van der Waals surface area contributed by atoms with Crippen LogP contribution in [0.1, 0.15) is 0 Å². The molecule has 10 heavy (non-hydrogen) atoms. The van der Waals surface area contributed by atoms with Crippen LogP contribution in [0.15, 0.2) is 0 Å². The molecule has 1 aliphatic heterocycles. The van der Waals surface area contributed by atoms with E-state index in [1.165, 1.54) is 0 Å². The van der Waals surface area contributed by atoms with Crippen LogP contribution in [0.25, 0.3) is 0 Å². The van der Waals surface area contributed by atoms with Crippen molar-refractivity contribution in [2.24, 2.45) is 0 Å². The lowest BCUT2D eigenvalue weighted by molar-refractivity contribution is -0.313. The molecule has 1 heterocycles. The van der Waals surface area contributed by atoms with Crippen LogP contribution in [-0.2, 0) is 0 Å². The zero-order chi connectivity index (χ0) is 7.99. The van der Waals surface area contributed by atoms with Crippen LogP contribution in [0, 0.1) is 0 Å². The van der Waals surface area contributed by atoms with Gasteiger partial charge in [0, 0.05) is 0 Å². The SMILES string of the molecule is FC1(F)CN(C(F)(F)F)C1. The third-order valence-electron chi connectivity index (χ3n) is 1.20. The third kappa shape index (κ3) is 1.36. The highest BCUT2D eigenvalue weighted by Crippen LogP contribution is 2.35. The Kier molecular flexibility index (Phi) is 1.39. The topological polar surface area (TPSA) is 3.24 Å². The Morgan fingerprint density at radius 2 is 1.50 bits per heavy atom. The fourth-order valence-corrected chi connectivity index (χ4v) is 0.691. The van der Waals surface area contributed by atoms with Gasteiger partial charge in [-0.2, -0.15) is 13.2 Å². The minimum atomic E-state index is -4.60. The van der Waals surface area contributed by atoms with Gasteiger partial charge in [0.1, 0.15) is 0 Å². The summed E-state index contributed by atoms with van der Waals surface area (Å²) in [5.41, 5.74) is 0. The number of alkyl halides is 5. The Morgan fingerprint density at radius 3 is 1.60 bits per heavy atom. The van der Waals surface area contributed by atoms with Gasteiger partial charge in [-0.1, -0.05) is 0 Å². The molecular formula is C4H4F5N. The molecule has 0 saturated carbocycles. The molecule has 0 aromatic heterocycles. The molecule has 6 heteroatoms. The zero-order valence-electron chi connectivity index (χ0n) is 4.75. The smallest absolute Gasteiger partial charge is 0.204 e. The second-order valence-corrected chi connectivity index (χ2v) is 2.18. The van der Waals surface area contributed by atoms with E-state index in [1.54, 1.807) is 0 Å². The predicted molar refractivity (Wildman–Crippen MR) is 22.6 cm³/mol. The molecule has 0 aromatic rings. The van der Waals surface area contributed by atoms with Gasteiger partial charge in [-0.05, 0) is 0 Å². The molecule has 0 radical (unpaired) electrons. The third-order valence-corrected chi connectivity index (χ3v) is 1.20. The van der Waals surface area contributed by atoms with Crippen LogP contribution in [0.2, 0.25) is 0 Å². The normalized spacial score (nSPS) is 26.1. The Labute approximate surface area is 53.4 Å². The van der Waals surface area contributed by atoms with Crippen LogP contribution in [0.5, 0.6) is 0 Å². The van der Waals surface area contributed by atoms with Crippen molar-refractivity contribution in [3.05, 3.63) is 0 Å². The number of hydrogen-bond donors (Lipinski definition) is 0.